The Labute approximate surface area is 83.9 Å². The second kappa shape index (κ2) is 6.00. The van der Waals surface area contributed by atoms with Gasteiger partial charge in [0.25, 0.3) is 0 Å². The molecule has 0 aromatic rings. The summed E-state index contributed by atoms with van der Waals surface area (Å²) in [5, 5.41) is 0. The lowest BCUT2D eigenvalue weighted by atomic mass is 10.2. The summed E-state index contributed by atoms with van der Waals surface area (Å²) < 4.78 is 4.56. The minimum Gasteiger partial charge on any atom is -0.468 e. The van der Waals surface area contributed by atoms with Gasteiger partial charge in [-0.25, -0.2) is 0 Å². The van der Waals surface area contributed by atoms with E-state index in [9.17, 15) is 4.79 Å². The maximum Gasteiger partial charge on any atom is 0.320 e. The molecule has 0 aliphatic heterocycles. The molecule has 11 heavy (non-hydrogen) atoms. The Kier molecular flexibility index (Phi) is 6.24. The van der Waals surface area contributed by atoms with Crippen LogP contribution in [-0.2, 0) is 9.53 Å². The summed E-state index contributed by atoms with van der Waals surface area (Å²) in [5.41, 5.74) is 0. The van der Waals surface area contributed by atoms with Crippen LogP contribution in [0.5, 0.6) is 0 Å². The fourth-order valence-corrected chi connectivity index (χ4v) is 1.81. The van der Waals surface area contributed by atoms with Crippen LogP contribution in [0.1, 0.15) is 19.8 Å². The van der Waals surface area contributed by atoms with Crippen LogP contribution >= 0.6 is 31.9 Å². The van der Waals surface area contributed by atoms with Crippen molar-refractivity contribution in [2.45, 2.75) is 29.4 Å². The molecule has 0 rings (SSSR count). The summed E-state index contributed by atoms with van der Waals surface area (Å²) in [6.45, 7) is 2.07. The fourth-order valence-electron chi connectivity index (χ4n) is 0.682. The molecular weight excluding hydrogens is 276 g/mol. The number of methoxy groups -OCH3 is 1. The standard InChI is InChI=1S/C7H12Br2O2/c1-3-4-5(8)6(9)7(10)11-2/h5-6H,3-4H2,1-2H3. The van der Waals surface area contributed by atoms with Crippen molar-refractivity contribution in [1.29, 1.82) is 0 Å². The van der Waals surface area contributed by atoms with Crippen molar-refractivity contribution in [2.75, 3.05) is 7.11 Å². The summed E-state index contributed by atoms with van der Waals surface area (Å²) in [7, 11) is 1.39. The molecule has 0 heterocycles. The highest BCUT2D eigenvalue weighted by Crippen LogP contribution is 2.20. The molecule has 0 aliphatic carbocycles. The predicted molar refractivity (Wildman–Crippen MR) is 52.4 cm³/mol. The quantitative estimate of drug-likeness (QED) is 0.587. The van der Waals surface area contributed by atoms with Crippen molar-refractivity contribution in [3.05, 3.63) is 0 Å². The second-order valence-electron chi connectivity index (χ2n) is 2.23. The summed E-state index contributed by atoms with van der Waals surface area (Å²) in [6.07, 6.45) is 2.01. The molecule has 0 aromatic heterocycles. The van der Waals surface area contributed by atoms with Crippen molar-refractivity contribution in [1.82, 2.24) is 0 Å². The second-order valence-corrected chi connectivity index (χ2v) is 4.39. The minimum atomic E-state index is -0.229. The van der Waals surface area contributed by atoms with E-state index in [-0.39, 0.29) is 15.6 Å². The van der Waals surface area contributed by atoms with Crippen molar-refractivity contribution >= 4 is 37.8 Å². The highest BCUT2D eigenvalue weighted by molar-refractivity contribution is 9.12. The molecule has 0 spiro atoms. The zero-order valence-electron chi connectivity index (χ0n) is 6.64. The molecule has 0 aromatic carbocycles. The SMILES string of the molecule is CCCC(Br)C(Br)C(=O)OC. The topological polar surface area (TPSA) is 26.3 Å². The molecule has 0 N–H and O–H groups in total. The summed E-state index contributed by atoms with van der Waals surface area (Å²) in [5.74, 6) is -0.222. The van der Waals surface area contributed by atoms with Crippen LogP contribution in [0.2, 0.25) is 0 Å². The Balaban J connectivity index is 3.80. The predicted octanol–water partition coefficient (Wildman–Crippen LogP) is 2.49. The van der Waals surface area contributed by atoms with Crippen molar-refractivity contribution in [3.63, 3.8) is 0 Å². The molecule has 0 bridgehead atoms. The largest absolute Gasteiger partial charge is 0.468 e. The van der Waals surface area contributed by atoms with Gasteiger partial charge in [0.05, 0.1) is 7.11 Å². The Bertz CT molecular complexity index is 128. The zero-order chi connectivity index (χ0) is 8.85. The first-order valence-electron chi connectivity index (χ1n) is 3.49. The van der Waals surface area contributed by atoms with Gasteiger partial charge in [-0.15, -0.1) is 0 Å². The lowest BCUT2D eigenvalue weighted by Gasteiger charge is -2.12. The number of hydrogen-bond donors (Lipinski definition) is 0. The fraction of sp³-hybridized carbons (Fsp3) is 0.857. The van der Waals surface area contributed by atoms with E-state index in [1.54, 1.807) is 0 Å². The van der Waals surface area contributed by atoms with Gasteiger partial charge in [0.2, 0.25) is 0 Å². The van der Waals surface area contributed by atoms with Gasteiger partial charge >= 0.3 is 5.97 Å². The third-order valence-electron chi connectivity index (χ3n) is 1.31. The van der Waals surface area contributed by atoms with Gasteiger partial charge in [0.1, 0.15) is 4.83 Å². The molecule has 0 aliphatic rings. The number of ether oxygens (including phenoxy) is 1. The summed E-state index contributed by atoms with van der Waals surface area (Å²) in [6, 6.07) is 0. The molecule has 4 heteroatoms. The van der Waals surface area contributed by atoms with Crippen LogP contribution in [0.3, 0.4) is 0 Å². The van der Waals surface area contributed by atoms with E-state index < -0.39 is 0 Å². The van der Waals surface area contributed by atoms with Crippen molar-refractivity contribution < 1.29 is 9.53 Å². The van der Waals surface area contributed by atoms with Gasteiger partial charge < -0.3 is 4.74 Å². The molecule has 0 fully saturated rings. The van der Waals surface area contributed by atoms with E-state index in [0.29, 0.717) is 0 Å². The first-order valence-corrected chi connectivity index (χ1v) is 5.32. The van der Waals surface area contributed by atoms with Crippen LogP contribution in [0.15, 0.2) is 0 Å². The van der Waals surface area contributed by atoms with Crippen LogP contribution in [0.25, 0.3) is 0 Å². The third-order valence-corrected chi connectivity index (χ3v) is 4.02. The van der Waals surface area contributed by atoms with Crippen LogP contribution in [0, 0.1) is 0 Å². The van der Waals surface area contributed by atoms with E-state index >= 15 is 0 Å². The lowest BCUT2D eigenvalue weighted by Crippen LogP contribution is -2.25. The van der Waals surface area contributed by atoms with E-state index in [4.69, 9.17) is 0 Å². The average molecular weight is 288 g/mol. The normalized spacial score (nSPS) is 15.6. The number of esters is 1. The number of alkyl halides is 2. The first kappa shape index (κ1) is 11.4. The molecule has 2 nitrogen and oxygen atoms in total. The van der Waals surface area contributed by atoms with Gasteiger partial charge in [0, 0.05) is 4.83 Å². The summed E-state index contributed by atoms with van der Waals surface area (Å²) >= 11 is 6.65. The molecule has 0 radical (unpaired) electrons. The maximum atomic E-state index is 10.9. The van der Waals surface area contributed by atoms with Crippen LogP contribution in [0.4, 0.5) is 0 Å². The summed E-state index contributed by atoms with van der Waals surface area (Å²) in [4.78, 5) is 10.9. The highest BCUT2D eigenvalue weighted by Gasteiger charge is 2.22. The van der Waals surface area contributed by atoms with E-state index in [1.165, 1.54) is 7.11 Å². The highest BCUT2D eigenvalue weighted by atomic mass is 79.9. The Hall–Kier alpha value is 0.430. The number of halogens is 2. The maximum absolute atomic E-state index is 10.9. The van der Waals surface area contributed by atoms with Gasteiger partial charge in [-0.2, -0.15) is 0 Å². The number of carbonyl (C=O) groups is 1. The Morgan fingerprint density at radius 2 is 2.09 bits per heavy atom. The molecule has 0 amide bonds. The van der Waals surface area contributed by atoms with Gasteiger partial charge in [0.15, 0.2) is 0 Å². The van der Waals surface area contributed by atoms with Crippen molar-refractivity contribution in [3.8, 4) is 0 Å². The minimum absolute atomic E-state index is 0.167. The zero-order valence-corrected chi connectivity index (χ0v) is 9.81. The van der Waals surface area contributed by atoms with E-state index in [1.807, 2.05) is 0 Å². The van der Waals surface area contributed by atoms with Crippen LogP contribution < -0.4 is 0 Å². The number of carbonyl (C=O) groups excluding carboxylic acids is 1. The molecule has 2 atom stereocenters. The number of rotatable bonds is 4. The molecular formula is C7H12Br2O2. The Morgan fingerprint density at radius 3 is 2.45 bits per heavy atom. The van der Waals surface area contributed by atoms with E-state index in [2.05, 4.69) is 43.5 Å². The van der Waals surface area contributed by atoms with Gasteiger partial charge in [-0.3, -0.25) is 4.79 Å². The molecule has 0 saturated carbocycles. The molecule has 0 saturated heterocycles. The van der Waals surface area contributed by atoms with Gasteiger partial charge in [-0.05, 0) is 6.42 Å². The monoisotopic (exact) mass is 286 g/mol. The van der Waals surface area contributed by atoms with Gasteiger partial charge in [-0.1, -0.05) is 45.2 Å². The number of hydrogen-bond acceptors (Lipinski definition) is 2. The molecule has 2 unspecified atom stereocenters. The first-order chi connectivity index (χ1) is 5.13. The lowest BCUT2D eigenvalue weighted by molar-refractivity contribution is -0.139. The Morgan fingerprint density at radius 1 is 1.55 bits per heavy atom. The average Bonchev–Trinajstić information content (AvgIpc) is 2.02. The molecule has 66 valence electrons. The van der Waals surface area contributed by atoms with Crippen LogP contribution in [-0.4, -0.2) is 22.7 Å². The van der Waals surface area contributed by atoms with E-state index in [0.717, 1.165) is 12.8 Å². The smallest absolute Gasteiger partial charge is 0.320 e. The van der Waals surface area contributed by atoms with Crippen molar-refractivity contribution in [2.24, 2.45) is 0 Å². The third kappa shape index (κ3) is 4.11.